The van der Waals surface area contributed by atoms with E-state index < -0.39 is 5.82 Å². The molecule has 0 N–H and O–H groups in total. The number of pyridine rings is 1. The summed E-state index contributed by atoms with van der Waals surface area (Å²) < 4.78 is 14.7. The Labute approximate surface area is 99.2 Å². The molecule has 0 spiro atoms. The van der Waals surface area contributed by atoms with Gasteiger partial charge >= 0.3 is 0 Å². The molecule has 0 radical (unpaired) electrons. The predicted molar refractivity (Wildman–Crippen MR) is 58.5 cm³/mol. The van der Waals surface area contributed by atoms with Crippen molar-refractivity contribution in [3.8, 4) is 0 Å². The molecular formula is C10H7BrFN3O. The Balaban J connectivity index is 2.11. The van der Waals surface area contributed by atoms with Crippen LogP contribution in [0.3, 0.4) is 0 Å². The molecule has 0 unspecified atom stereocenters. The van der Waals surface area contributed by atoms with Crippen LogP contribution >= 0.6 is 15.9 Å². The molecule has 0 amide bonds. The zero-order valence-corrected chi connectivity index (χ0v) is 9.69. The van der Waals surface area contributed by atoms with E-state index in [1.807, 2.05) is 0 Å². The highest BCUT2D eigenvalue weighted by atomic mass is 79.9. The summed E-state index contributed by atoms with van der Waals surface area (Å²) in [6, 6.07) is 3.33. The summed E-state index contributed by atoms with van der Waals surface area (Å²) in [7, 11) is 0. The third-order valence-electron chi connectivity index (χ3n) is 1.92. The Kier molecular flexibility index (Phi) is 3.09. The first kappa shape index (κ1) is 10.9. The molecule has 4 nitrogen and oxygen atoms in total. The van der Waals surface area contributed by atoms with Crippen LogP contribution in [0.15, 0.2) is 35.2 Å². The molecule has 0 aliphatic rings. The molecule has 2 aromatic heterocycles. The lowest BCUT2D eigenvalue weighted by molar-refractivity contribution is 0.0963. The minimum absolute atomic E-state index is 0.0153. The van der Waals surface area contributed by atoms with Crippen molar-refractivity contribution in [3.05, 3.63) is 46.7 Å². The first-order chi connectivity index (χ1) is 7.65. The van der Waals surface area contributed by atoms with Crippen LogP contribution in [0, 0.1) is 5.82 Å². The van der Waals surface area contributed by atoms with Crippen molar-refractivity contribution in [1.82, 2.24) is 14.8 Å². The summed E-state index contributed by atoms with van der Waals surface area (Å²) in [6.07, 6.45) is 3.76. The quantitative estimate of drug-likeness (QED) is 0.810. The Bertz CT molecular complexity index is 509. The lowest BCUT2D eigenvalue weighted by Gasteiger charge is -2.00. The van der Waals surface area contributed by atoms with Crippen LogP contribution in [0.25, 0.3) is 0 Å². The Hall–Kier alpha value is -1.56. The fraction of sp³-hybridized carbons (Fsp3) is 0.100. The maximum Gasteiger partial charge on any atom is 0.202 e. The molecule has 2 aromatic rings. The van der Waals surface area contributed by atoms with E-state index in [2.05, 4.69) is 26.0 Å². The van der Waals surface area contributed by atoms with Gasteiger partial charge in [-0.1, -0.05) is 0 Å². The zero-order chi connectivity index (χ0) is 11.5. The van der Waals surface area contributed by atoms with E-state index in [-0.39, 0.29) is 12.3 Å². The van der Waals surface area contributed by atoms with Gasteiger partial charge in [0.2, 0.25) is 5.78 Å². The maximum atomic E-state index is 12.6. The zero-order valence-electron chi connectivity index (χ0n) is 8.10. The summed E-state index contributed by atoms with van der Waals surface area (Å²) in [5.74, 6) is -0.674. The molecule has 0 atom stereocenters. The van der Waals surface area contributed by atoms with Gasteiger partial charge in [-0.15, -0.1) is 0 Å². The molecule has 16 heavy (non-hydrogen) atoms. The van der Waals surface area contributed by atoms with Crippen LogP contribution < -0.4 is 0 Å². The van der Waals surface area contributed by atoms with Gasteiger partial charge in [-0.25, -0.2) is 4.39 Å². The Morgan fingerprint density at radius 1 is 1.44 bits per heavy atom. The number of rotatable bonds is 3. The second kappa shape index (κ2) is 4.52. The molecule has 0 aromatic carbocycles. The molecule has 0 aliphatic heterocycles. The average Bonchev–Trinajstić information content (AvgIpc) is 2.65. The van der Waals surface area contributed by atoms with Gasteiger partial charge in [0.25, 0.3) is 0 Å². The summed E-state index contributed by atoms with van der Waals surface area (Å²) >= 11 is 3.22. The van der Waals surface area contributed by atoms with Gasteiger partial charge in [-0.05, 0) is 28.1 Å². The van der Waals surface area contributed by atoms with Gasteiger partial charge < -0.3 is 0 Å². The van der Waals surface area contributed by atoms with Gasteiger partial charge in [0.1, 0.15) is 12.2 Å². The molecule has 2 rings (SSSR count). The van der Waals surface area contributed by atoms with Crippen molar-refractivity contribution in [3.63, 3.8) is 0 Å². The van der Waals surface area contributed by atoms with E-state index >= 15 is 0 Å². The fourth-order valence-electron chi connectivity index (χ4n) is 1.19. The van der Waals surface area contributed by atoms with Crippen LogP contribution in [0.4, 0.5) is 4.39 Å². The number of nitrogens with zero attached hydrogens (tertiary/aromatic N) is 3. The van der Waals surface area contributed by atoms with Crippen molar-refractivity contribution in [2.75, 3.05) is 0 Å². The van der Waals surface area contributed by atoms with Crippen molar-refractivity contribution in [2.45, 2.75) is 6.54 Å². The number of hydrogen-bond acceptors (Lipinski definition) is 3. The van der Waals surface area contributed by atoms with Crippen molar-refractivity contribution in [2.24, 2.45) is 0 Å². The molecule has 0 bridgehead atoms. The van der Waals surface area contributed by atoms with Crippen molar-refractivity contribution in [1.29, 1.82) is 0 Å². The first-order valence-corrected chi connectivity index (χ1v) is 5.27. The van der Waals surface area contributed by atoms with Crippen LogP contribution in [0.2, 0.25) is 0 Å². The first-order valence-electron chi connectivity index (χ1n) is 4.48. The number of carbonyl (C=O) groups is 1. The smallest absolute Gasteiger partial charge is 0.202 e. The van der Waals surface area contributed by atoms with E-state index in [1.165, 1.54) is 10.9 Å². The van der Waals surface area contributed by atoms with Crippen molar-refractivity contribution < 1.29 is 9.18 Å². The highest BCUT2D eigenvalue weighted by molar-refractivity contribution is 9.10. The molecule has 2 heterocycles. The van der Waals surface area contributed by atoms with Crippen molar-refractivity contribution >= 4 is 21.7 Å². The van der Waals surface area contributed by atoms with Crippen LogP contribution in [0.1, 0.15) is 10.5 Å². The van der Waals surface area contributed by atoms with Gasteiger partial charge in [-0.3, -0.25) is 14.5 Å². The molecular weight excluding hydrogens is 277 g/mol. The van der Waals surface area contributed by atoms with Gasteiger partial charge in [0.05, 0.1) is 12.4 Å². The predicted octanol–water partition coefficient (Wildman–Crippen LogP) is 2.06. The van der Waals surface area contributed by atoms with E-state index in [0.717, 1.165) is 16.9 Å². The van der Waals surface area contributed by atoms with E-state index in [1.54, 1.807) is 12.1 Å². The number of aromatic nitrogens is 3. The molecule has 0 aliphatic carbocycles. The van der Waals surface area contributed by atoms with Crippen LogP contribution in [-0.2, 0) is 6.54 Å². The minimum atomic E-state index is -0.462. The van der Waals surface area contributed by atoms with Crippen LogP contribution in [0.5, 0.6) is 0 Å². The summed E-state index contributed by atoms with van der Waals surface area (Å²) in [4.78, 5) is 15.6. The lowest BCUT2D eigenvalue weighted by atomic mass is 10.2. The highest BCUT2D eigenvalue weighted by Crippen LogP contribution is 2.08. The Morgan fingerprint density at radius 3 is 2.81 bits per heavy atom. The SMILES string of the molecule is O=C(Cn1cc(F)cn1)c1ccc(Br)cn1. The van der Waals surface area contributed by atoms with E-state index in [4.69, 9.17) is 0 Å². The minimum Gasteiger partial charge on any atom is -0.290 e. The number of halogens is 2. The third-order valence-corrected chi connectivity index (χ3v) is 2.39. The molecule has 0 saturated heterocycles. The topological polar surface area (TPSA) is 47.8 Å². The number of ketones is 1. The summed E-state index contributed by atoms with van der Waals surface area (Å²) in [5, 5.41) is 3.68. The monoisotopic (exact) mass is 283 g/mol. The summed E-state index contributed by atoms with van der Waals surface area (Å²) in [6.45, 7) is -0.0153. The van der Waals surface area contributed by atoms with Gasteiger partial charge in [-0.2, -0.15) is 5.10 Å². The number of Topliss-reactive ketones (excluding diaryl/α,β-unsaturated/α-hetero) is 1. The average molecular weight is 284 g/mol. The highest BCUT2D eigenvalue weighted by Gasteiger charge is 2.09. The number of carbonyl (C=O) groups excluding carboxylic acids is 1. The fourth-order valence-corrected chi connectivity index (χ4v) is 1.43. The maximum absolute atomic E-state index is 12.6. The van der Waals surface area contributed by atoms with Gasteiger partial charge in [0, 0.05) is 10.7 Å². The Morgan fingerprint density at radius 2 is 2.25 bits per heavy atom. The molecule has 0 fully saturated rings. The van der Waals surface area contributed by atoms with Gasteiger partial charge in [0.15, 0.2) is 5.82 Å². The van der Waals surface area contributed by atoms with Crippen LogP contribution in [-0.4, -0.2) is 20.5 Å². The third kappa shape index (κ3) is 2.52. The standard InChI is InChI=1S/C10H7BrFN3O/c11-7-1-2-9(13-3-7)10(16)6-15-5-8(12)4-14-15/h1-5H,6H2. The van der Waals surface area contributed by atoms with E-state index in [9.17, 15) is 9.18 Å². The second-order valence-electron chi connectivity index (χ2n) is 3.14. The normalized spacial score (nSPS) is 10.4. The number of hydrogen-bond donors (Lipinski definition) is 0. The van der Waals surface area contributed by atoms with E-state index in [0.29, 0.717) is 5.69 Å². The summed E-state index contributed by atoms with van der Waals surface area (Å²) in [5.41, 5.74) is 0.333. The lowest BCUT2D eigenvalue weighted by Crippen LogP contribution is -2.12. The second-order valence-corrected chi connectivity index (χ2v) is 4.06. The largest absolute Gasteiger partial charge is 0.290 e. The molecule has 6 heteroatoms. The molecule has 0 saturated carbocycles. The molecule has 82 valence electrons.